The minimum absolute atomic E-state index is 0.178. The molecule has 2 aromatic carbocycles. The van der Waals surface area contributed by atoms with Crippen molar-refractivity contribution in [1.82, 2.24) is 0 Å². The van der Waals surface area contributed by atoms with Gasteiger partial charge in [-0.3, -0.25) is 9.11 Å². The first-order valence-corrected chi connectivity index (χ1v) is 9.05. The summed E-state index contributed by atoms with van der Waals surface area (Å²) in [6.07, 6.45) is 0. The van der Waals surface area contributed by atoms with E-state index >= 15 is 0 Å². The quantitative estimate of drug-likeness (QED) is 0.829. The summed E-state index contributed by atoms with van der Waals surface area (Å²) in [4.78, 5) is -0.356. The van der Waals surface area contributed by atoms with E-state index in [1.54, 1.807) is 26.0 Å². The number of benzene rings is 2. The maximum Gasteiger partial charge on any atom is 0.294 e. The Bertz CT molecular complexity index is 864. The highest BCUT2D eigenvalue weighted by Crippen LogP contribution is 2.27. The summed E-state index contributed by atoms with van der Waals surface area (Å²) in [5.41, 5.74) is 2.07. The van der Waals surface area contributed by atoms with Crippen LogP contribution in [-0.4, -0.2) is 25.9 Å². The van der Waals surface area contributed by atoms with Gasteiger partial charge in [-0.1, -0.05) is 24.3 Å². The Kier molecular flexibility index (Phi) is 4.14. The standard InChI is InChI=1S/C14H14O6S2/c1-9-7-11(3-5-13(9)21(15,16)17)12-4-6-14(10(2)8-12)22(18,19)20/h3-8H,1-2H3,(H,15,16,17)(H,18,19,20). The zero-order chi connectivity index (χ0) is 16.7. The summed E-state index contributed by atoms with van der Waals surface area (Å²) in [5.74, 6) is 0. The van der Waals surface area contributed by atoms with E-state index in [0.717, 1.165) is 0 Å². The molecule has 0 radical (unpaired) electrons. The van der Waals surface area contributed by atoms with Crippen LogP contribution >= 0.6 is 0 Å². The van der Waals surface area contributed by atoms with E-state index in [4.69, 9.17) is 9.11 Å². The fraction of sp³-hybridized carbons (Fsp3) is 0.143. The Morgan fingerprint density at radius 3 is 1.23 bits per heavy atom. The summed E-state index contributed by atoms with van der Waals surface area (Å²) in [6, 6.07) is 8.74. The van der Waals surface area contributed by atoms with Crippen LogP contribution in [-0.2, 0) is 20.2 Å². The molecule has 0 aliphatic carbocycles. The summed E-state index contributed by atoms with van der Waals surface area (Å²) in [7, 11) is -8.56. The van der Waals surface area contributed by atoms with E-state index in [-0.39, 0.29) is 9.79 Å². The van der Waals surface area contributed by atoms with Crippen LogP contribution in [0.15, 0.2) is 46.2 Å². The molecule has 22 heavy (non-hydrogen) atoms. The van der Waals surface area contributed by atoms with Crippen LogP contribution < -0.4 is 0 Å². The molecule has 8 heteroatoms. The van der Waals surface area contributed by atoms with E-state index in [1.807, 2.05) is 0 Å². The number of hydrogen-bond donors (Lipinski definition) is 2. The number of rotatable bonds is 3. The molecule has 0 fully saturated rings. The molecular weight excluding hydrogens is 328 g/mol. The largest absolute Gasteiger partial charge is 0.294 e. The highest BCUT2D eigenvalue weighted by Gasteiger charge is 2.16. The molecule has 2 aromatic rings. The Balaban J connectivity index is 2.55. The molecule has 6 nitrogen and oxygen atoms in total. The van der Waals surface area contributed by atoms with Crippen molar-refractivity contribution in [3.8, 4) is 11.1 Å². The first kappa shape index (κ1) is 16.6. The van der Waals surface area contributed by atoms with Crippen LogP contribution in [0.2, 0.25) is 0 Å². The second-order valence-corrected chi connectivity index (χ2v) is 7.69. The van der Waals surface area contributed by atoms with Crippen molar-refractivity contribution < 1.29 is 25.9 Å². The van der Waals surface area contributed by atoms with Gasteiger partial charge in [-0.05, 0) is 48.2 Å². The fourth-order valence-corrected chi connectivity index (χ4v) is 3.65. The molecule has 0 aromatic heterocycles. The first-order valence-electron chi connectivity index (χ1n) is 6.17. The van der Waals surface area contributed by atoms with Crippen molar-refractivity contribution >= 4 is 20.2 Å². The minimum Gasteiger partial charge on any atom is -0.282 e. The molecule has 0 amide bonds. The van der Waals surface area contributed by atoms with Gasteiger partial charge in [0.25, 0.3) is 20.2 Å². The van der Waals surface area contributed by atoms with Crippen molar-refractivity contribution in [3.63, 3.8) is 0 Å². The van der Waals surface area contributed by atoms with Gasteiger partial charge < -0.3 is 0 Å². The second-order valence-electron chi connectivity index (χ2n) is 4.91. The Morgan fingerprint density at radius 2 is 1.00 bits per heavy atom. The lowest BCUT2D eigenvalue weighted by Crippen LogP contribution is -2.02. The van der Waals surface area contributed by atoms with Crippen LogP contribution in [0.3, 0.4) is 0 Å². The van der Waals surface area contributed by atoms with Gasteiger partial charge in [-0.25, -0.2) is 0 Å². The number of hydrogen-bond acceptors (Lipinski definition) is 4. The van der Waals surface area contributed by atoms with E-state index in [1.165, 1.54) is 24.3 Å². The molecule has 0 saturated heterocycles. The smallest absolute Gasteiger partial charge is 0.282 e. The monoisotopic (exact) mass is 342 g/mol. The predicted molar refractivity (Wildman–Crippen MR) is 81.0 cm³/mol. The molecule has 2 N–H and O–H groups in total. The molecule has 0 unspecified atom stereocenters. The molecule has 118 valence electrons. The van der Waals surface area contributed by atoms with Crippen LogP contribution in [0.4, 0.5) is 0 Å². The van der Waals surface area contributed by atoms with Crippen LogP contribution in [0.25, 0.3) is 11.1 Å². The van der Waals surface area contributed by atoms with Crippen molar-refractivity contribution in [2.45, 2.75) is 23.6 Å². The zero-order valence-electron chi connectivity index (χ0n) is 11.8. The van der Waals surface area contributed by atoms with Gasteiger partial charge in [0.1, 0.15) is 0 Å². The third-order valence-electron chi connectivity index (χ3n) is 3.24. The third-order valence-corrected chi connectivity index (χ3v) is 5.27. The fourth-order valence-electron chi connectivity index (χ4n) is 2.24. The van der Waals surface area contributed by atoms with Crippen molar-refractivity contribution in [2.24, 2.45) is 0 Å². The van der Waals surface area contributed by atoms with E-state index in [0.29, 0.717) is 22.3 Å². The van der Waals surface area contributed by atoms with Gasteiger partial charge in [0.2, 0.25) is 0 Å². The van der Waals surface area contributed by atoms with Crippen LogP contribution in [0.1, 0.15) is 11.1 Å². The summed E-state index contributed by atoms with van der Waals surface area (Å²) in [6.45, 7) is 3.10. The predicted octanol–water partition coefficient (Wildman–Crippen LogP) is 2.46. The van der Waals surface area contributed by atoms with Crippen LogP contribution in [0.5, 0.6) is 0 Å². The van der Waals surface area contributed by atoms with E-state index < -0.39 is 20.2 Å². The van der Waals surface area contributed by atoms with Gasteiger partial charge in [-0.2, -0.15) is 16.8 Å². The lowest BCUT2D eigenvalue weighted by molar-refractivity contribution is 0.480. The maximum atomic E-state index is 11.2. The molecule has 0 atom stereocenters. The van der Waals surface area contributed by atoms with E-state index in [9.17, 15) is 16.8 Å². The van der Waals surface area contributed by atoms with Crippen molar-refractivity contribution in [3.05, 3.63) is 47.5 Å². The Labute approximate surface area is 128 Å². The minimum atomic E-state index is -4.28. The molecule has 0 spiro atoms. The van der Waals surface area contributed by atoms with Gasteiger partial charge in [0, 0.05) is 0 Å². The molecule has 0 bridgehead atoms. The highest BCUT2D eigenvalue weighted by molar-refractivity contribution is 7.86. The molecule has 2 rings (SSSR count). The third kappa shape index (κ3) is 3.36. The summed E-state index contributed by atoms with van der Waals surface area (Å²) < 4.78 is 62.8. The Hall–Kier alpha value is -1.74. The maximum absolute atomic E-state index is 11.2. The summed E-state index contributed by atoms with van der Waals surface area (Å²) in [5, 5.41) is 0. The van der Waals surface area contributed by atoms with E-state index in [2.05, 4.69) is 0 Å². The zero-order valence-corrected chi connectivity index (χ0v) is 13.4. The molecule has 0 aliphatic heterocycles. The van der Waals surface area contributed by atoms with Crippen molar-refractivity contribution in [2.75, 3.05) is 0 Å². The lowest BCUT2D eigenvalue weighted by Gasteiger charge is -2.09. The van der Waals surface area contributed by atoms with Gasteiger partial charge in [0.15, 0.2) is 0 Å². The van der Waals surface area contributed by atoms with Gasteiger partial charge in [-0.15, -0.1) is 0 Å². The average Bonchev–Trinajstić information content (AvgIpc) is 2.35. The molecule has 0 saturated carbocycles. The number of aryl methyl sites for hydroxylation is 2. The van der Waals surface area contributed by atoms with Gasteiger partial charge in [0.05, 0.1) is 9.79 Å². The lowest BCUT2D eigenvalue weighted by atomic mass is 10.0. The molecule has 0 heterocycles. The van der Waals surface area contributed by atoms with Gasteiger partial charge >= 0.3 is 0 Å². The van der Waals surface area contributed by atoms with Crippen molar-refractivity contribution in [1.29, 1.82) is 0 Å². The average molecular weight is 342 g/mol. The molecule has 0 aliphatic rings. The molecular formula is C14H14O6S2. The topological polar surface area (TPSA) is 109 Å². The first-order chi connectivity index (χ1) is 10.00. The normalized spacial score (nSPS) is 12.4. The second kappa shape index (κ2) is 5.47. The Morgan fingerprint density at radius 1 is 0.682 bits per heavy atom. The van der Waals surface area contributed by atoms with Crippen LogP contribution in [0, 0.1) is 13.8 Å². The summed E-state index contributed by atoms with van der Waals surface area (Å²) >= 11 is 0. The highest BCUT2D eigenvalue weighted by atomic mass is 32.2. The SMILES string of the molecule is Cc1cc(-c2ccc(S(=O)(=O)O)c(C)c2)ccc1S(=O)(=O)O.